The summed E-state index contributed by atoms with van der Waals surface area (Å²) in [5, 5.41) is 0. The van der Waals surface area contributed by atoms with Gasteiger partial charge in [0.15, 0.2) is 0 Å². The number of nitrogens with zero attached hydrogens (tertiary/aromatic N) is 1. The van der Waals surface area contributed by atoms with E-state index in [4.69, 9.17) is 0 Å². The summed E-state index contributed by atoms with van der Waals surface area (Å²) in [5.74, 6) is 0. The molecule has 0 aliphatic carbocycles. The Hall–Kier alpha value is 0.390. The Bertz CT molecular complexity index is 58.3. The van der Waals surface area contributed by atoms with Crippen LogP contribution >= 0.6 is 9.39 Å². The summed E-state index contributed by atoms with van der Waals surface area (Å²) in [7, 11) is 2.02. The van der Waals surface area contributed by atoms with Crippen LogP contribution in [0.15, 0.2) is 0 Å². The van der Waals surface area contributed by atoms with E-state index in [1.54, 1.807) is 0 Å². The van der Waals surface area contributed by atoms with E-state index in [-0.39, 0.29) is 0 Å². The lowest BCUT2D eigenvalue weighted by Crippen LogP contribution is -2.13. The van der Waals surface area contributed by atoms with Gasteiger partial charge in [-0.15, -0.1) is 0 Å². The number of rotatable bonds is 6. The molecule has 0 heterocycles. The molecule has 62 valence electrons. The van der Waals surface area contributed by atoms with Gasteiger partial charge >= 0.3 is 0 Å². The molecule has 1 atom stereocenters. The van der Waals surface area contributed by atoms with Gasteiger partial charge in [0.1, 0.15) is 0 Å². The zero-order chi connectivity index (χ0) is 7.82. The maximum absolute atomic E-state index is 2.45. The van der Waals surface area contributed by atoms with Gasteiger partial charge in [-0.05, 0) is 12.8 Å². The predicted molar refractivity (Wildman–Crippen MR) is 52.5 cm³/mol. The van der Waals surface area contributed by atoms with Crippen molar-refractivity contribution in [3.8, 4) is 0 Å². The second kappa shape index (κ2) is 7.50. The van der Waals surface area contributed by atoms with Crippen molar-refractivity contribution in [2.24, 2.45) is 0 Å². The molecule has 0 aliphatic heterocycles. The van der Waals surface area contributed by atoms with Crippen molar-refractivity contribution in [3.63, 3.8) is 0 Å². The van der Waals surface area contributed by atoms with E-state index in [0.29, 0.717) is 0 Å². The van der Waals surface area contributed by atoms with Crippen molar-refractivity contribution in [1.82, 2.24) is 4.67 Å². The van der Waals surface area contributed by atoms with E-state index in [0.717, 1.165) is 0 Å². The number of hydrogen-bond donors (Lipinski definition) is 0. The molecule has 0 bridgehead atoms. The summed E-state index contributed by atoms with van der Waals surface area (Å²) < 4.78 is 2.45. The van der Waals surface area contributed by atoms with Crippen molar-refractivity contribution >= 4 is 9.39 Å². The lowest BCUT2D eigenvalue weighted by atomic mass is 10.3. The maximum atomic E-state index is 2.45. The van der Waals surface area contributed by atoms with Gasteiger partial charge in [0.25, 0.3) is 0 Å². The van der Waals surface area contributed by atoms with Gasteiger partial charge < -0.3 is 0 Å². The minimum absolute atomic E-state index is 1.29. The van der Waals surface area contributed by atoms with Gasteiger partial charge in [0.2, 0.25) is 0 Å². The molecule has 2 heteroatoms. The summed E-state index contributed by atoms with van der Waals surface area (Å²) in [4.78, 5) is 0. The van der Waals surface area contributed by atoms with E-state index in [2.05, 4.69) is 18.5 Å². The Morgan fingerprint density at radius 2 is 1.40 bits per heavy atom. The zero-order valence-electron chi connectivity index (χ0n) is 7.40. The molecule has 0 aromatic rings. The molecule has 10 heavy (non-hydrogen) atoms. The first kappa shape index (κ1) is 10.4. The number of unbranched alkanes of at least 4 members (excludes halogenated alkanes) is 2. The third-order valence-corrected chi connectivity index (χ3v) is 2.29. The normalized spacial score (nSPS) is 11.1. The van der Waals surface area contributed by atoms with Crippen LogP contribution in [0.25, 0.3) is 0 Å². The van der Waals surface area contributed by atoms with Crippen molar-refractivity contribution in [1.29, 1.82) is 0 Å². The molecule has 1 nitrogen and oxygen atoms in total. The molecular formula is C8H21NP+. The fourth-order valence-corrected chi connectivity index (χ4v) is 1.32. The smallest absolute Gasteiger partial charge is 0.0431 e. The maximum Gasteiger partial charge on any atom is 0.0431 e. The van der Waals surface area contributed by atoms with Crippen LogP contribution in [0.4, 0.5) is 0 Å². The first-order chi connectivity index (χ1) is 4.81. The second-order valence-corrected chi connectivity index (χ2v) is 3.72. The third kappa shape index (κ3) is 6.51. The Labute approximate surface area is 67.4 Å². The van der Waals surface area contributed by atoms with Crippen LogP contribution in [0.1, 0.15) is 39.5 Å². The van der Waals surface area contributed by atoms with Gasteiger partial charge in [-0.3, -0.25) is 0 Å². The zero-order valence-corrected chi connectivity index (χ0v) is 8.81. The van der Waals surface area contributed by atoms with Crippen molar-refractivity contribution in [2.45, 2.75) is 39.5 Å². The summed E-state index contributed by atoms with van der Waals surface area (Å²) in [5.41, 5.74) is 0. The molecule has 0 amide bonds. The molecule has 0 saturated heterocycles. The summed E-state index contributed by atoms with van der Waals surface area (Å²) >= 11 is 0. The lowest BCUT2D eigenvalue weighted by Gasteiger charge is -2.08. The molecule has 1 unspecified atom stereocenters. The van der Waals surface area contributed by atoms with Gasteiger partial charge in [0.05, 0.1) is 0 Å². The van der Waals surface area contributed by atoms with Gasteiger partial charge in [-0.2, -0.15) is 4.67 Å². The first-order valence-electron chi connectivity index (χ1n) is 4.36. The Morgan fingerprint density at radius 3 is 1.70 bits per heavy atom. The molecule has 0 radical (unpaired) electrons. The van der Waals surface area contributed by atoms with Gasteiger partial charge in [0, 0.05) is 22.5 Å². The minimum Gasteiger partial charge on any atom is -0.188 e. The highest BCUT2D eigenvalue weighted by atomic mass is 31.0. The monoisotopic (exact) mass is 162 g/mol. The van der Waals surface area contributed by atoms with E-state index >= 15 is 0 Å². The van der Waals surface area contributed by atoms with Crippen LogP contribution in [0.3, 0.4) is 0 Å². The largest absolute Gasteiger partial charge is 0.188 e. The van der Waals surface area contributed by atoms with Crippen LogP contribution in [0.2, 0.25) is 0 Å². The molecule has 0 saturated carbocycles. The minimum atomic E-state index is 1.29. The predicted octanol–water partition coefficient (Wildman–Crippen LogP) is 2.41. The average Bonchev–Trinajstić information content (AvgIpc) is 1.97. The van der Waals surface area contributed by atoms with Crippen molar-refractivity contribution in [2.75, 3.05) is 13.1 Å². The molecule has 0 N–H and O–H groups in total. The van der Waals surface area contributed by atoms with E-state index in [1.807, 2.05) is 9.39 Å². The van der Waals surface area contributed by atoms with Crippen LogP contribution in [0.5, 0.6) is 0 Å². The standard InChI is InChI=1S/C8H20NP/c1-3-5-7-9(10)8-6-4-2/h3-8,10H2,1-2H3/p+1. The average molecular weight is 162 g/mol. The van der Waals surface area contributed by atoms with Gasteiger partial charge in [-0.1, -0.05) is 26.7 Å². The molecule has 0 spiro atoms. The first-order valence-corrected chi connectivity index (χ1v) is 5.00. The Morgan fingerprint density at radius 1 is 1.00 bits per heavy atom. The Balaban J connectivity index is 3.00. The fourth-order valence-electron chi connectivity index (χ4n) is 0.875. The Kier molecular flexibility index (Phi) is 7.79. The van der Waals surface area contributed by atoms with Crippen molar-refractivity contribution in [3.05, 3.63) is 0 Å². The summed E-state index contributed by atoms with van der Waals surface area (Å²) in [6.45, 7) is 7.07. The van der Waals surface area contributed by atoms with Crippen LogP contribution in [0, 0.1) is 0 Å². The molecule has 0 fully saturated rings. The number of hydrogen-bond acceptors (Lipinski definition) is 1. The van der Waals surface area contributed by atoms with E-state index in [9.17, 15) is 0 Å². The summed E-state index contributed by atoms with van der Waals surface area (Å²) in [6.07, 6.45) is 5.35. The topological polar surface area (TPSA) is 3.24 Å². The van der Waals surface area contributed by atoms with Crippen molar-refractivity contribution < 1.29 is 0 Å². The SMILES string of the molecule is CCCCN([PH3+])CCCC. The fraction of sp³-hybridized carbons (Fsp3) is 1.00. The molecule has 0 rings (SSSR count). The van der Waals surface area contributed by atoms with Crippen LogP contribution in [-0.2, 0) is 0 Å². The summed E-state index contributed by atoms with van der Waals surface area (Å²) in [6, 6.07) is 0. The van der Waals surface area contributed by atoms with E-state index in [1.165, 1.54) is 38.8 Å². The highest BCUT2D eigenvalue weighted by Crippen LogP contribution is 2.03. The third-order valence-electron chi connectivity index (χ3n) is 1.66. The highest BCUT2D eigenvalue weighted by molar-refractivity contribution is 7.13. The molecule has 0 aromatic carbocycles. The second-order valence-electron chi connectivity index (χ2n) is 2.83. The molecular weight excluding hydrogens is 141 g/mol. The molecule has 0 aromatic heterocycles. The van der Waals surface area contributed by atoms with Crippen LogP contribution < -0.4 is 0 Å². The molecule has 0 aliphatic rings. The quantitative estimate of drug-likeness (QED) is 0.542. The van der Waals surface area contributed by atoms with Crippen LogP contribution in [-0.4, -0.2) is 17.8 Å². The van der Waals surface area contributed by atoms with E-state index < -0.39 is 0 Å². The highest BCUT2D eigenvalue weighted by Gasteiger charge is 1.98. The lowest BCUT2D eigenvalue weighted by molar-refractivity contribution is 0.443. The van der Waals surface area contributed by atoms with Gasteiger partial charge in [-0.25, -0.2) is 0 Å².